The van der Waals surface area contributed by atoms with E-state index in [0.717, 1.165) is 4.90 Å². The summed E-state index contributed by atoms with van der Waals surface area (Å²) in [6, 6.07) is 0. The van der Waals surface area contributed by atoms with E-state index in [-0.39, 0.29) is 25.0 Å². The van der Waals surface area contributed by atoms with E-state index in [1.807, 2.05) is 0 Å². The number of nitrogens with one attached hydrogen (secondary N) is 1. The zero-order chi connectivity index (χ0) is 10.6. The molecule has 4 nitrogen and oxygen atoms in total. The van der Waals surface area contributed by atoms with Gasteiger partial charge in [0.25, 0.3) is 6.43 Å². The fourth-order valence-electron chi connectivity index (χ4n) is 1.30. The second-order valence-electron chi connectivity index (χ2n) is 3.25. The molecular formula is C8H14F2N2O2. The van der Waals surface area contributed by atoms with Crippen molar-refractivity contribution in [3.05, 3.63) is 0 Å². The highest BCUT2D eigenvalue weighted by Crippen LogP contribution is 2.09. The van der Waals surface area contributed by atoms with Crippen LogP contribution in [-0.2, 0) is 4.79 Å². The van der Waals surface area contributed by atoms with Gasteiger partial charge < -0.3 is 15.3 Å². The van der Waals surface area contributed by atoms with Gasteiger partial charge >= 0.3 is 0 Å². The molecule has 0 aromatic heterocycles. The minimum absolute atomic E-state index is 0.0142. The first-order valence-electron chi connectivity index (χ1n) is 4.53. The van der Waals surface area contributed by atoms with Crippen LogP contribution in [-0.4, -0.2) is 55.1 Å². The Kier molecular flexibility index (Phi) is 4.21. The van der Waals surface area contributed by atoms with Crippen LogP contribution in [0.2, 0.25) is 0 Å². The van der Waals surface area contributed by atoms with Crippen molar-refractivity contribution in [2.45, 2.75) is 6.43 Å². The van der Waals surface area contributed by atoms with Crippen molar-refractivity contribution in [2.24, 2.45) is 5.92 Å². The maximum absolute atomic E-state index is 12.1. The summed E-state index contributed by atoms with van der Waals surface area (Å²) in [5, 5.41) is 11.5. The predicted molar refractivity (Wildman–Crippen MR) is 46.0 cm³/mol. The number of nitrogens with zero attached hydrogens (tertiary/aromatic N) is 1. The lowest BCUT2D eigenvalue weighted by Gasteiger charge is -2.31. The number of amides is 1. The summed E-state index contributed by atoms with van der Waals surface area (Å²) in [7, 11) is 0. The lowest BCUT2D eigenvalue weighted by Crippen LogP contribution is -2.53. The Hall–Kier alpha value is -0.750. The first-order chi connectivity index (χ1) is 6.65. The van der Waals surface area contributed by atoms with Gasteiger partial charge in [0.2, 0.25) is 5.91 Å². The van der Waals surface area contributed by atoms with Gasteiger partial charge in [-0.25, -0.2) is 8.78 Å². The molecule has 0 aromatic rings. The van der Waals surface area contributed by atoms with Crippen molar-refractivity contribution in [3.63, 3.8) is 0 Å². The molecule has 14 heavy (non-hydrogen) atoms. The summed E-state index contributed by atoms with van der Waals surface area (Å²) in [6.07, 6.45) is -2.54. The lowest BCUT2D eigenvalue weighted by molar-refractivity contribution is -0.139. The molecule has 0 unspecified atom stereocenters. The molecule has 0 aliphatic carbocycles. The highest BCUT2D eigenvalue weighted by molar-refractivity contribution is 5.80. The molecule has 1 aliphatic heterocycles. The van der Waals surface area contributed by atoms with Crippen LogP contribution < -0.4 is 5.32 Å². The molecule has 82 valence electrons. The highest BCUT2D eigenvalue weighted by atomic mass is 19.3. The molecule has 1 saturated heterocycles. The van der Waals surface area contributed by atoms with Gasteiger partial charge in [0.1, 0.15) is 0 Å². The largest absolute Gasteiger partial charge is 0.395 e. The molecule has 6 heteroatoms. The molecular weight excluding hydrogens is 194 g/mol. The van der Waals surface area contributed by atoms with Gasteiger partial charge in [0.05, 0.1) is 19.1 Å². The van der Waals surface area contributed by atoms with Crippen LogP contribution in [0, 0.1) is 5.92 Å². The fraction of sp³-hybridized carbons (Fsp3) is 0.875. The van der Waals surface area contributed by atoms with Gasteiger partial charge in [-0.3, -0.25) is 4.79 Å². The highest BCUT2D eigenvalue weighted by Gasteiger charge is 2.30. The molecule has 1 rings (SSSR count). The van der Waals surface area contributed by atoms with E-state index < -0.39 is 13.0 Å². The lowest BCUT2D eigenvalue weighted by atomic mass is 10.0. The van der Waals surface area contributed by atoms with Crippen LogP contribution in [0.4, 0.5) is 8.78 Å². The molecule has 0 bridgehead atoms. The second-order valence-corrected chi connectivity index (χ2v) is 3.25. The van der Waals surface area contributed by atoms with Gasteiger partial charge in [0, 0.05) is 19.6 Å². The Morgan fingerprint density at radius 2 is 2.21 bits per heavy atom. The topological polar surface area (TPSA) is 52.6 Å². The number of alkyl halides is 2. The third-order valence-corrected chi connectivity index (χ3v) is 2.17. The molecule has 0 spiro atoms. The molecule has 0 aromatic carbocycles. The van der Waals surface area contributed by atoms with Crippen LogP contribution in [0.1, 0.15) is 0 Å². The van der Waals surface area contributed by atoms with Crippen molar-refractivity contribution < 1.29 is 18.7 Å². The average Bonchev–Trinajstić information content (AvgIpc) is 1.99. The summed E-state index contributed by atoms with van der Waals surface area (Å²) in [4.78, 5) is 12.5. The van der Waals surface area contributed by atoms with Crippen LogP contribution in [0.15, 0.2) is 0 Å². The minimum atomic E-state index is -2.54. The van der Waals surface area contributed by atoms with Crippen molar-refractivity contribution in [3.8, 4) is 0 Å². The maximum atomic E-state index is 12.1. The fourth-order valence-corrected chi connectivity index (χ4v) is 1.30. The zero-order valence-electron chi connectivity index (χ0n) is 7.75. The smallest absolute Gasteiger partial charge is 0.255 e. The SMILES string of the molecule is O=C(C1CNC1)N(CCO)CC(F)F. The zero-order valence-corrected chi connectivity index (χ0v) is 7.75. The Morgan fingerprint density at radius 1 is 1.57 bits per heavy atom. The van der Waals surface area contributed by atoms with E-state index in [9.17, 15) is 13.6 Å². The number of carbonyl (C=O) groups excluding carboxylic acids is 1. The van der Waals surface area contributed by atoms with E-state index in [2.05, 4.69) is 5.32 Å². The van der Waals surface area contributed by atoms with Gasteiger partial charge in [0.15, 0.2) is 0 Å². The van der Waals surface area contributed by atoms with Crippen molar-refractivity contribution >= 4 is 5.91 Å². The molecule has 2 N–H and O–H groups in total. The predicted octanol–water partition coefficient (Wildman–Crippen LogP) is -0.708. The van der Waals surface area contributed by atoms with E-state index in [0.29, 0.717) is 13.1 Å². The molecule has 0 atom stereocenters. The Morgan fingerprint density at radius 3 is 2.57 bits per heavy atom. The molecule has 0 radical (unpaired) electrons. The standard InChI is InChI=1S/C8H14F2N2O2/c9-7(10)5-12(1-2-13)8(14)6-3-11-4-6/h6-7,11,13H,1-5H2. The van der Waals surface area contributed by atoms with Crippen LogP contribution >= 0.6 is 0 Å². The molecule has 1 aliphatic rings. The first-order valence-corrected chi connectivity index (χ1v) is 4.53. The summed E-state index contributed by atoms with van der Waals surface area (Å²) in [5.74, 6) is -0.488. The van der Waals surface area contributed by atoms with E-state index in [1.165, 1.54) is 0 Å². The Labute approximate surface area is 80.9 Å². The van der Waals surface area contributed by atoms with E-state index in [4.69, 9.17) is 5.11 Å². The molecule has 0 saturated carbocycles. The van der Waals surface area contributed by atoms with Gasteiger partial charge in [-0.2, -0.15) is 0 Å². The van der Waals surface area contributed by atoms with E-state index in [1.54, 1.807) is 0 Å². The second kappa shape index (κ2) is 5.21. The third kappa shape index (κ3) is 2.88. The Bertz CT molecular complexity index is 198. The van der Waals surface area contributed by atoms with Crippen molar-refractivity contribution in [1.82, 2.24) is 10.2 Å². The number of carbonyl (C=O) groups is 1. The molecule has 1 heterocycles. The normalized spacial score (nSPS) is 16.9. The quantitative estimate of drug-likeness (QED) is 0.627. The number of aliphatic hydroxyl groups excluding tert-OH is 1. The summed E-state index contributed by atoms with van der Waals surface area (Å²) < 4.78 is 24.1. The number of halogens is 2. The monoisotopic (exact) mass is 208 g/mol. The van der Waals surface area contributed by atoms with Crippen molar-refractivity contribution in [1.29, 1.82) is 0 Å². The average molecular weight is 208 g/mol. The summed E-state index contributed by atoms with van der Waals surface area (Å²) >= 11 is 0. The number of aliphatic hydroxyl groups is 1. The maximum Gasteiger partial charge on any atom is 0.255 e. The first kappa shape index (κ1) is 11.3. The van der Waals surface area contributed by atoms with Gasteiger partial charge in [-0.1, -0.05) is 0 Å². The number of rotatable bonds is 5. The van der Waals surface area contributed by atoms with Gasteiger partial charge in [-0.15, -0.1) is 0 Å². The third-order valence-electron chi connectivity index (χ3n) is 2.17. The van der Waals surface area contributed by atoms with Crippen molar-refractivity contribution in [2.75, 3.05) is 32.8 Å². The Balaban J connectivity index is 2.42. The molecule has 1 amide bonds. The number of hydrogen-bond acceptors (Lipinski definition) is 3. The van der Waals surface area contributed by atoms with Gasteiger partial charge in [-0.05, 0) is 0 Å². The summed E-state index contributed by atoms with van der Waals surface area (Å²) in [5.41, 5.74) is 0. The number of hydrogen-bond donors (Lipinski definition) is 2. The van der Waals surface area contributed by atoms with E-state index >= 15 is 0 Å². The minimum Gasteiger partial charge on any atom is -0.395 e. The van der Waals surface area contributed by atoms with Crippen LogP contribution in [0.5, 0.6) is 0 Å². The summed E-state index contributed by atoms with van der Waals surface area (Å²) in [6.45, 7) is 0.210. The van der Waals surface area contributed by atoms with Crippen LogP contribution in [0.25, 0.3) is 0 Å². The molecule has 1 fully saturated rings. The van der Waals surface area contributed by atoms with Crippen LogP contribution in [0.3, 0.4) is 0 Å².